The molecule has 0 saturated carbocycles. The fraction of sp³-hybridized carbons (Fsp3) is 0.231. The smallest absolute Gasteiger partial charge is 0.341 e. The van der Waals surface area contributed by atoms with E-state index in [0.717, 1.165) is 5.56 Å². The lowest BCUT2D eigenvalue weighted by Gasteiger charge is -1.97. The number of halogens is 1. The number of esters is 1. The summed E-state index contributed by atoms with van der Waals surface area (Å²) in [5, 5.41) is 0.657. The van der Waals surface area contributed by atoms with E-state index >= 15 is 0 Å². The number of hydrogen-bond donors (Lipinski definition) is 0. The highest BCUT2D eigenvalue weighted by Gasteiger charge is 2.01. The second-order valence-corrected chi connectivity index (χ2v) is 3.63. The molecule has 0 amide bonds. The molecule has 1 aromatic rings. The van der Waals surface area contributed by atoms with Crippen LogP contribution in [0.4, 0.5) is 0 Å². The van der Waals surface area contributed by atoms with Crippen LogP contribution in [0.25, 0.3) is 6.08 Å². The molecule has 0 unspecified atom stereocenters. The van der Waals surface area contributed by atoms with Gasteiger partial charge < -0.3 is 4.74 Å². The van der Waals surface area contributed by atoms with Crippen LogP contribution in [0, 0.1) is 0 Å². The van der Waals surface area contributed by atoms with E-state index in [2.05, 4.69) is 5.73 Å². The highest BCUT2D eigenvalue weighted by atomic mass is 35.5. The van der Waals surface area contributed by atoms with Crippen molar-refractivity contribution in [3.63, 3.8) is 0 Å². The summed E-state index contributed by atoms with van der Waals surface area (Å²) in [5.74, 6) is -0.347. The van der Waals surface area contributed by atoms with Gasteiger partial charge in [-0.05, 0) is 37.6 Å². The molecule has 84 valence electrons. The first kappa shape index (κ1) is 12.6. The summed E-state index contributed by atoms with van der Waals surface area (Å²) in [4.78, 5) is 11.3. The summed E-state index contributed by atoms with van der Waals surface area (Å²) in [6, 6.07) is 7.32. The van der Waals surface area contributed by atoms with Gasteiger partial charge in [0.25, 0.3) is 0 Å². The summed E-state index contributed by atoms with van der Waals surface area (Å²) < 4.78 is 4.83. The zero-order chi connectivity index (χ0) is 12.0. The Morgan fingerprint density at radius 1 is 1.56 bits per heavy atom. The second-order valence-electron chi connectivity index (χ2n) is 3.19. The molecule has 1 aromatic carbocycles. The molecule has 0 spiro atoms. The van der Waals surface area contributed by atoms with Gasteiger partial charge in [0.15, 0.2) is 0 Å². The Morgan fingerprint density at radius 3 is 2.94 bits per heavy atom. The van der Waals surface area contributed by atoms with Crippen LogP contribution in [0.1, 0.15) is 19.4 Å². The summed E-state index contributed by atoms with van der Waals surface area (Å²) >= 11 is 5.83. The number of carbonyl (C=O) groups is 1. The summed E-state index contributed by atoms with van der Waals surface area (Å²) in [5.41, 5.74) is 4.21. The maximum absolute atomic E-state index is 11.3. The summed E-state index contributed by atoms with van der Waals surface area (Å²) in [6.45, 7) is 3.81. The normalized spacial score (nSPS) is 9.19. The van der Waals surface area contributed by atoms with Crippen LogP contribution < -0.4 is 0 Å². The van der Waals surface area contributed by atoms with Crippen LogP contribution in [0.5, 0.6) is 0 Å². The highest BCUT2D eigenvalue weighted by Crippen LogP contribution is 2.11. The molecule has 0 bridgehead atoms. The fourth-order valence-corrected chi connectivity index (χ4v) is 1.28. The van der Waals surface area contributed by atoms with E-state index in [-0.39, 0.29) is 5.97 Å². The molecule has 0 N–H and O–H groups in total. The number of ether oxygens (including phenoxy) is 1. The molecule has 3 heteroatoms. The largest absolute Gasteiger partial charge is 0.462 e. The van der Waals surface area contributed by atoms with Crippen LogP contribution in [0.2, 0.25) is 5.02 Å². The van der Waals surface area contributed by atoms with Crippen molar-refractivity contribution in [1.29, 1.82) is 0 Å². The van der Waals surface area contributed by atoms with Crippen molar-refractivity contribution in [1.82, 2.24) is 0 Å². The van der Waals surface area contributed by atoms with E-state index in [4.69, 9.17) is 16.3 Å². The molecule has 0 saturated heterocycles. The van der Waals surface area contributed by atoms with Crippen LogP contribution in [-0.4, -0.2) is 12.6 Å². The fourth-order valence-electron chi connectivity index (χ4n) is 1.09. The molecule has 0 aliphatic rings. The van der Waals surface area contributed by atoms with Gasteiger partial charge in [-0.25, -0.2) is 4.79 Å². The van der Waals surface area contributed by atoms with Gasteiger partial charge in [-0.3, -0.25) is 0 Å². The Morgan fingerprint density at radius 2 is 2.31 bits per heavy atom. The van der Waals surface area contributed by atoms with Gasteiger partial charge in [-0.2, -0.15) is 0 Å². The van der Waals surface area contributed by atoms with Gasteiger partial charge in [0.05, 0.1) is 12.2 Å². The third-order valence-electron chi connectivity index (χ3n) is 1.89. The predicted octanol–water partition coefficient (Wildman–Crippen LogP) is 3.46. The molecule has 0 atom stereocenters. The molecule has 16 heavy (non-hydrogen) atoms. The van der Waals surface area contributed by atoms with Crippen molar-refractivity contribution in [3.05, 3.63) is 46.2 Å². The lowest BCUT2D eigenvalue weighted by Crippen LogP contribution is -2.03. The standard InChI is InChI=1S/C13H13ClO2/c1-3-16-13(15)10(2)7-8-11-5-4-6-12(14)9-11/h4-6,8-9H,3H2,1-2H3. The number of rotatable bonds is 3. The maximum atomic E-state index is 11.3. The van der Waals surface area contributed by atoms with E-state index in [1.165, 1.54) is 0 Å². The number of benzene rings is 1. The average molecular weight is 237 g/mol. The van der Waals surface area contributed by atoms with E-state index in [1.54, 1.807) is 32.1 Å². The zero-order valence-corrected chi connectivity index (χ0v) is 10.0. The molecule has 0 radical (unpaired) electrons. The van der Waals surface area contributed by atoms with Crippen molar-refractivity contribution in [2.24, 2.45) is 0 Å². The lowest BCUT2D eigenvalue weighted by atomic mass is 10.2. The highest BCUT2D eigenvalue weighted by molar-refractivity contribution is 6.30. The predicted molar refractivity (Wildman–Crippen MR) is 65.2 cm³/mol. The first-order chi connectivity index (χ1) is 7.63. The first-order valence-electron chi connectivity index (χ1n) is 4.99. The minimum Gasteiger partial charge on any atom is -0.462 e. The molecule has 0 fully saturated rings. The maximum Gasteiger partial charge on any atom is 0.341 e. The zero-order valence-electron chi connectivity index (χ0n) is 9.29. The van der Waals surface area contributed by atoms with E-state index < -0.39 is 0 Å². The third-order valence-corrected chi connectivity index (χ3v) is 2.12. The van der Waals surface area contributed by atoms with Gasteiger partial charge in [-0.15, -0.1) is 5.73 Å². The minimum absolute atomic E-state index is 0.347. The van der Waals surface area contributed by atoms with Gasteiger partial charge in [0.1, 0.15) is 0 Å². The summed E-state index contributed by atoms with van der Waals surface area (Å²) in [7, 11) is 0. The second kappa shape index (κ2) is 6.16. The lowest BCUT2D eigenvalue weighted by molar-refractivity contribution is -0.138. The molecule has 0 aliphatic carbocycles. The molecular weight excluding hydrogens is 224 g/mol. The van der Waals surface area contributed by atoms with Gasteiger partial charge in [-0.1, -0.05) is 23.7 Å². The molecule has 0 heterocycles. The van der Waals surface area contributed by atoms with Crippen molar-refractivity contribution in [3.8, 4) is 0 Å². The Balaban J connectivity index is 2.86. The van der Waals surface area contributed by atoms with Crippen LogP contribution in [-0.2, 0) is 9.53 Å². The Labute approximate surface area is 100 Å². The Hall–Kier alpha value is -1.50. The molecule has 0 aromatic heterocycles. The van der Waals surface area contributed by atoms with Crippen molar-refractivity contribution >= 4 is 23.6 Å². The van der Waals surface area contributed by atoms with E-state index in [0.29, 0.717) is 17.2 Å². The third kappa shape index (κ3) is 3.93. The van der Waals surface area contributed by atoms with Gasteiger partial charge in [0.2, 0.25) is 0 Å². The number of carbonyl (C=O) groups excluding carboxylic acids is 1. The molecular formula is C13H13ClO2. The van der Waals surface area contributed by atoms with Crippen LogP contribution in [0.15, 0.2) is 35.6 Å². The Kier molecular flexibility index (Phi) is 4.84. The molecule has 0 aliphatic heterocycles. The summed E-state index contributed by atoms with van der Waals surface area (Å²) in [6.07, 6.45) is 1.71. The monoisotopic (exact) mass is 236 g/mol. The van der Waals surface area contributed by atoms with Gasteiger partial charge >= 0.3 is 5.97 Å². The SMILES string of the molecule is CCOC(=O)C(C)=C=Cc1cccc(Cl)c1. The van der Waals surface area contributed by atoms with E-state index in [1.807, 2.05) is 12.1 Å². The van der Waals surface area contributed by atoms with Crippen LogP contribution in [0.3, 0.4) is 0 Å². The quantitative estimate of drug-likeness (QED) is 0.456. The van der Waals surface area contributed by atoms with Crippen molar-refractivity contribution < 1.29 is 9.53 Å². The van der Waals surface area contributed by atoms with Crippen molar-refractivity contribution in [2.45, 2.75) is 13.8 Å². The molecule has 1 rings (SSSR count). The minimum atomic E-state index is -0.347. The van der Waals surface area contributed by atoms with Gasteiger partial charge in [0, 0.05) is 5.02 Å². The average Bonchev–Trinajstić information content (AvgIpc) is 2.26. The van der Waals surface area contributed by atoms with Crippen LogP contribution >= 0.6 is 11.6 Å². The van der Waals surface area contributed by atoms with Crippen molar-refractivity contribution in [2.75, 3.05) is 6.61 Å². The molecule has 2 nitrogen and oxygen atoms in total. The van der Waals surface area contributed by atoms with E-state index in [9.17, 15) is 4.79 Å². The Bertz CT molecular complexity index is 443. The first-order valence-corrected chi connectivity index (χ1v) is 5.37. The topological polar surface area (TPSA) is 26.3 Å². The number of hydrogen-bond acceptors (Lipinski definition) is 2.